The zero-order chi connectivity index (χ0) is 17.9. The van der Waals surface area contributed by atoms with Crippen molar-refractivity contribution >= 4 is 17.4 Å². The first-order chi connectivity index (χ1) is 12.0. The molecule has 1 aliphatic rings. The maximum Gasteiger partial charge on any atom is 0.227 e. The van der Waals surface area contributed by atoms with Gasteiger partial charge in [-0.25, -0.2) is 4.98 Å². The minimum atomic E-state index is -1.21. The van der Waals surface area contributed by atoms with Crippen LogP contribution in [-0.2, 0) is 10.4 Å². The van der Waals surface area contributed by atoms with Crippen LogP contribution in [0.25, 0.3) is 0 Å². The Morgan fingerprint density at radius 2 is 1.88 bits per heavy atom. The van der Waals surface area contributed by atoms with E-state index in [9.17, 15) is 9.90 Å². The van der Waals surface area contributed by atoms with Crippen LogP contribution >= 0.6 is 0 Å². The fraction of sp³-hybridized carbons (Fsp3) is 0.400. The van der Waals surface area contributed by atoms with Gasteiger partial charge in [-0.15, -0.1) is 0 Å². The van der Waals surface area contributed by atoms with E-state index >= 15 is 0 Å². The van der Waals surface area contributed by atoms with Gasteiger partial charge in [-0.2, -0.15) is 0 Å². The van der Waals surface area contributed by atoms with Gasteiger partial charge in [0.25, 0.3) is 0 Å². The Morgan fingerprint density at radius 1 is 1.20 bits per heavy atom. The van der Waals surface area contributed by atoms with E-state index < -0.39 is 5.60 Å². The second-order valence-electron chi connectivity index (χ2n) is 6.86. The molecule has 0 saturated carbocycles. The number of pyridine rings is 1. The van der Waals surface area contributed by atoms with E-state index in [0.29, 0.717) is 5.69 Å². The molecule has 25 heavy (non-hydrogen) atoms. The van der Waals surface area contributed by atoms with Crippen LogP contribution in [0.3, 0.4) is 0 Å². The average Bonchev–Trinajstić information content (AvgIpc) is 3.11. The van der Waals surface area contributed by atoms with E-state index in [-0.39, 0.29) is 12.3 Å². The molecule has 0 bridgehead atoms. The predicted molar refractivity (Wildman–Crippen MR) is 99.7 cm³/mol. The minimum absolute atomic E-state index is 0.00959. The summed E-state index contributed by atoms with van der Waals surface area (Å²) < 4.78 is 0. The van der Waals surface area contributed by atoms with E-state index in [1.165, 1.54) is 12.8 Å². The van der Waals surface area contributed by atoms with Crippen LogP contribution < -0.4 is 10.2 Å². The molecule has 1 atom stereocenters. The highest BCUT2D eigenvalue weighted by molar-refractivity contribution is 5.92. The first-order valence-corrected chi connectivity index (χ1v) is 8.76. The lowest BCUT2D eigenvalue weighted by Crippen LogP contribution is -2.28. The van der Waals surface area contributed by atoms with Gasteiger partial charge in [-0.05, 0) is 44.4 Å². The Balaban J connectivity index is 1.66. The zero-order valence-electron chi connectivity index (χ0n) is 14.8. The van der Waals surface area contributed by atoms with Crippen LogP contribution in [0.1, 0.15) is 37.4 Å². The first-order valence-electron chi connectivity index (χ1n) is 8.76. The van der Waals surface area contributed by atoms with Gasteiger partial charge in [-0.1, -0.05) is 30.3 Å². The molecule has 1 fully saturated rings. The number of aliphatic hydroxyl groups is 1. The molecule has 1 saturated heterocycles. The molecule has 0 radical (unpaired) electrons. The second kappa shape index (κ2) is 7.23. The number of carbonyl (C=O) groups is 1. The third-order valence-corrected chi connectivity index (χ3v) is 4.68. The highest BCUT2D eigenvalue weighted by Gasteiger charge is 2.26. The van der Waals surface area contributed by atoms with Gasteiger partial charge in [0, 0.05) is 13.1 Å². The lowest BCUT2D eigenvalue weighted by Gasteiger charge is -2.23. The number of hydrogen-bond acceptors (Lipinski definition) is 4. The van der Waals surface area contributed by atoms with Crippen LogP contribution in [-0.4, -0.2) is 29.1 Å². The zero-order valence-corrected chi connectivity index (χ0v) is 14.8. The third-order valence-electron chi connectivity index (χ3n) is 4.68. The van der Waals surface area contributed by atoms with Crippen LogP contribution in [0.5, 0.6) is 0 Å². The largest absolute Gasteiger partial charge is 0.385 e. The quantitative estimate of drug-likeness (QED) is 0.878. The molecule has 132 valence electrons. The SMILES string of the molecule is Cc1nc(N2CCCC2)ccc1NC(=O)C[C@@](C)(O)c1ccccc1. The summed E-state index contributed by atoms with van der Waals surface area (Å²) in [6.45, 7) is 5.63. The molecule has 3 rings (SSSR count). The molecule has 2 N–H and O–H groups in total. The molecule has 1 amide bonds. The highest BCUT2D eigenvalue weighted by atomic mass is 16.3. The number of aryl methyl sites for hydroxylation is 1. The number of carbonyl (C=O) groups excluding carboxylic acids is 1. The smallest absolute Gasteiger partial charge is 0.227 e. The Morgan fingerprint density at radius 3 is 2.52 bits per heavy atom. The van der Waals surface area contributed by atoms with Crippen molar-refractivity contribution in [1.82, 2.24) is 4.98 Å². The molecule has 5 heteroatoms. The van der Waals surface area contributed by atoms with Gasteiger partial charge in [0.1, 0.15) is 5.82 Å². The number of aromatic nitrogens is 1. The summed E-state index contributed by atoms with van der Waals surface area (Å²) in [6, 6.07) is 13.1. The molecular formula is C20H25N3O2. The summed E-state index contributed by atoms with van der Waals surface area (Å²) >= 11 is 0. The van der Waals surface area contributed by atoms with Crippen molar-refractivity contribution in [3.8, 4) is 0 Å². The Kier molecular flexibility index (Phi) is 5.04. The second-order valence-corrected chi connectivity index (χ2v) is 6.86. The van der Waals surface area contributed by atoms with Gasteiger partial charge >= 0.3 is 0 Å². The standard InChI is InChI=1S/C20H25N3O2/c1-15-17(10-11-18(21-15)23-12-6-7-13-23)22-19(24)14-20(2,25)16-8-4-3-5-9-16/h3-5,8-11,25H,6-7,12-14H2,1-2H3,(H,22,24)/t20-/m1/s1. The minimum Gasteiger partial charge on any atom is -0.385 e. The number of hydrogen-bond donors (Lipinski definition) is 2. The predicted octanol–water partition coefficient (Wildman–Crippen LogP) is 3.23. The normalized spacial score (nSPS) is 16.5. The molecule has 0 spiro atoms. The molecule has 1 aromatic carbocycles. The number of benzene rings is 1. The molecule has 2 heterocycles. The molecule has 1 aromatic heterocycles. The van der Waals surface area contributed by atoms with E-state index in [4.69, 9.17) is 0 Å². The maximum atomic E-state index is 12.4. The summed E-state index contributed by atoms with van der Waals surface area (Å²) in [4.78, 5) is 19.3. The topological polar surface area (TPSA) is 65.5 Å². The number of anilines is 2. The van der Waals surface area contributed by atoms with E-state index in [2.05, 4.69) is 15.2 Å². The highest BCUT2D eigenvalue weighted by Crippen LogP contribution is 2.26. The van der Waals surface area contributed by atoms with Crippen molar-refractivity contribution < 1.29 is 9.90 Å². The average molecular weight is 339 g/mol. The number of nitrogens with zero attached hydrogens (tertiary/aromatic N) is 2. The lowest BCUT2D eigenvalue weighted by atomic mass is 9.92. The van der Waals surface area contributed by atoms with Gasteiger partial charge in [-0.3, -0.25) is 4.79 Å². The van der Waals surface area contributed by atoms with Crippen molar-refractivity contribution in [2.24, 2.45) is 0 Å². The molecule has 1 aliphatic heterocycles. The third kappa shape index (κ3) is 4.17. The van der Waals surface area contributed by atoms with Crippen LogP contribution in [0.2, 0.25) is 0 Å². The number of rotatable bonds is 5. The summed E-state index contributed by atoms with van der Waals surface area (Å²) in [5, 5.41) is 13.5. The van der Waals surface area contributed by atoms with Crippen LogP contribution in [0.15, 0.2) is 42.5 Å². The van der Waals surface area contributed by atoms with Crippen molar-refractivity contribution in [3.63, 3.8) is 0 Å². The van der Waals surface area contributed by atoms with Crippen LogP contribution in [0, 0.1) is 6.92 Å². The van der Waals surface area contributed by atoms with Gasteiger partial charge in [0.2, 0.25) is 5.91 Å². The molecule has 2 aromatic rings. The number of nitrogens with one attached hydrogen (secondary N) is 1. The molecule has 0 unspecified atom stereocenters. The number of amides is 1. The summed E-state index contributed by atoms with van der Waals surface area (Å²) in [6.07, 6.45) is 2.39. The molecule has 5 nitrogen and oxygen atoms in total. The van der Waals surface area contributed by atoms with E-state index in [0.717, 1.165) is 30.2 Å². The van der Waals surface area contributed by atoms with Crippen molar-refractivity contribution in [3.05, 3.63) is 53.7 Å². The summed E-state index contributed by atoms with van der Waals surface area (Å²) in [5.41, 5.74) is 1.00. The van der Waals surface area contributed by atoms with Crippen molar-refractivity contribution in [2.45, 2.75) is 38.7 Å². The van der Waals surface area contributed by atoms with Gasteiger partial charge in [0.15, 0.2) is 0 Å². The summed E-state index contributed by atoms with van der Waals surface area (Å²) in [5.74, 6) is 0.733. The fourth-order valence-electron chi connectivity index (χ4n) is 3.21. The van der Waals surface area contributed by atoms with Gasteiger partial charge < -0.3 is 15.3 Å². The maximum absolute atomic E-state index is 12.4. The van der Waals surface area contributed by atoms with E-state index in [1.54, 1.807) is 6.92 Å². The lowest BCUT2D eigenvalue weighted by molar-refractivity contribution is -0.120. The van der Waals surface area contributed by atoms with Crippen molar-refractivity contribution in [2.75, 3.05) is 23.3 Å². The Hall–Kier alpha value is -2.40. The Labute approximate surface area is 148 Å². The fourth-order valence-corrected chi connectivity index (χ4v) is 3.21. The molecular weight excluding hydrogens is 314 g/mol. The van der Waals surface area contributed by atoms with Gasteiger partial charge in [0.05, 0.1) is 23.4 Å². The molecule has 0 aliphatic carbocycles. The first kappa shape index (κ1) is 17.4. The van der Waals surface area contributed by atoms with Crippen LogP contribution in [0.4, 0.5) is 11.5 Å². The van der Waals surface area contributed by atoms with Crippen molar-refractivity contribution in [1.29, 1.82) is 0 Å². The Bertz CT molecular complexity index is 738. The monoisotopic (exact) mass is 339 g/mol. The van der Waals surface area contributed by atoms with E-state index in [1.807, 2.05) is 49.4 Å². The summed E-state index contributed by atoms with van der Waals surface area (Å²) in [7, 11) is 0.